The van der Waals surface area contributed by atoms with Crippen LogP contribution in [0.25, 0.3) is 6.08 Å². The fraction of sp³-hybridized carbons (Fsp3) is 0.400. The minimum Gasteiger partial charge on any atom is -0.507 e. The molecule has 0 spiro atoms. The molecular formula is C25H29N3O4. The number of piperidine rings is 2. The third-order valence-electron chi connectivity index (χ3n) is 6.60. The second-order valence-corrected chi connectivity index (χ2v) is 8.66. The highest BCUT2D eigenvalue weighted by Crippen LogP contribution is 2.31. The lowest BCUT2D eigenvalue weighted by Crippen LogP contribution is -2.49. The second kappa shape index (κ2) is 9.96. The number of fused-ring (bicyclic) bond motifs is 1. The minimum absolute atomic E-state index is 0.113. The monoisotopic (exact) mass is 435 g/mol. The molecule has 2 heterocycles. The summed E-state index contributed by atoms with van der Waals surface area (Å²) in [6, 6.07) is 11.8. The molecule has 2 saturated heterocycles. The highest BCUT2D eigenvalue weighted by molar-refractivity contribution is 6.07. The summed E-state index contributed by atoms with van der Waals surface area (Å²) >= 11 is 0. The SMILES string of the molecule is O=C(/C=C/c1cc([N+](=O)[O-])ccc1O)c1ccc(NC[C@H]2CCCN3CCCC[C@@H]23)cc1. The second-order valence-electron chi connectivity index (χ2n) is 8.66. The summed E-state index contributed by atoms with van der Waals surface area (Å²) < 4.78 is 0. The maximum Gasteiger partial charge on any atom is 0.270 e. The Kier molecular flexibility index (Phi) is 6.85. The Labute approximate surface area is 187 Å². The van der Waals surface area contributed by atoms with Crippen LogP contribution >= 0.6 is 0 Å². The number of nitro groups is 1. The molecule has 0 bridgehead atoms. The number of hydrogen-bond donors (Lipinski definition) is 2. The zero-order valence-electron chi connectivity index (χ0n) is 18.1. The minimum atomic E-state index is -0.538. The smallest absolute Gasteiger partial charge is 0.270 e. The molecule has 2 aromatic carbocycles. The van der Waals surface area contributed by atoms with Gasteiger partial charge in [0.1, 0.15) is 5.75 Å². The first kappa shape index (κ1) is 22.0. The summed E-state index contributed by atoms with van der Waals surface area (Å²) in [5, 5.41) is 24.3. The molecule has 7 nitrogen and oxygen atoms in total. The average Bonchev–Trinajstić information content (AvgIpc) is 2.82. The van der Waals surface area contributed by atoms with Gasteiger partial charge in [-0.25, -0.2) is 0 Å². The van der Waals surface area contributed by atoms with Crippen LogP contribution in [-0.2, 0) is 0 Å². The van der Waals surface area contributed by atoms with Crippen LogP contribution in [0, 0.1) is 16.0 Å². The summed E-state index contributed by atoms with van der Waals surface area (Å²) in [6.45, 7) is 3.42. The molecular weight excluding hydrogens is 406 g/mol. The van der Waals surface area contributed by atoms with E-state index < -0.39 is 4.92 Å². The molecule has 0 aliphatic carbocycles. The molecule has 0 saturated carbocycles. The highest BCUT2D eigenvalue weighted by atomic mass is 16.6. The number of benzene rings is 2. The average molecular weight is 436 g/mol. The number of nitrogens with zero attached hydrogens (tertiary/aromatic N) is 2. The van der Waals surface area contributed by atoms with Crippen molar-refractivity contribution in [2.24, 2.45) is 5.92 Å². The Hall–Kier alpha value is -3.19. The predicted octanol–water partition coefficient (Wildman–Crippen LogP) is 4.87. The van der Waals surface area contributed by atoms with Crippen molar-refractivity contribution < 1.29 is 14.8 Å². The lowest BCUT2D eigenvalue weighted by molar-refractivity contribution is -0.384. The Morgan fingerprint density at radius 1 is 1.12 bits per heavy atom. The summed E-state index contributed by atoms with van der Waals surface area (Å²) in [5.74, 6) is 0.321. The number of carbonyl (C=O) groups excluding carboxylic acids is 1. The number of anilines is 1. The van der Waals surface area contributed by atoms with Gasteiger partial charge in [-0.3, -0.25) is 14.9 Å². The molecule has 0 amide bonds. The Morgan fingerprint density at radius 3 is 2.69 bits per heavy atom. The van der Waals surface area contributed by atoms with Crippen LogP contribution < -0.4 is 5.32 Å². The molecule has 0 aromatic heterocycles. The quantitative estimate of drug-likeness (QED) is 0.279. The number of nitro benzene ring substituents is 1. The summed E-state index contributed by atoms with van der Waals surface area (Å²) in [7, 11) is 0. The standard InChI is InChI=1S/C25H29N3O4/c29-24(12-8-19-16-22(28(31)32)11-13-25(19)30)18-6-9-21(10-7-18)26-17-20-4-3-15-27-14-2-1-5-23(20)27/h6-13,16,20,23,26,30H,1-5,14-15,17H2/b12-8+/t20-,23+/m1/s1. The molecule has 0 radical (unpaired) electrons. The van der Waals surface area contributed by atoms with E-state index in [0.717, 1.165) is 12.2 Å². The van der Waals surface area contributed by atoms with Gasteiger partial charge in [-0.2, -0.15) is 0 Å². The van der Waals surface area contributed by atoms with Gasteiger partial charge in [-0.1, -0.05) is 6.42 Å². The molecule has 4 rings (SSSR count). The Bertz CT molecular complexity index is 1000. The van der Waals surface area contributed by atoms with Gasteiger partial charge in [0.25, 0.3) is 5.69 Å². The van der Waals surface area contributed by atoms with Gasteiger partial charge < -0.3 is 15.3 Å². The third kappa shape index (κ3) is 5.16. The molecule has 168 valence electrons. The van der Waals surface area contributed by atoms with E-state index in [1.807, 2.05) is 12.1 Å². The van der Waals surface area contributed by atoms with Crippen molar-refractivity contribution in [2.75, 3.05) is 25.0 Å². The number of nitrogens with one attached hydrogen (secondary N) is 1. The first-order chi connectivity index (χ1) is 15.5. The molecule has 2 fully saturated rings. The fourth-order valence-corrected chi connectivity index (χ4v) is 4.87. The van der Waals surface area contributed by atoms with Gasteiger partial charge in [0.2, 0.25) is 0 Å². The van der Waals surface area contributed by atoms with Crippen molar-refractivity contribution in [3.8, 4) is 5.75 Å². The van der Waals surface area contributed by atoms with E-state index in [1.54, 1.807) is 12.1 Å². The number of hydrogen-bond acceptors (Lipinski definition) is 6. The number of phenolic OH excluding ortho intramolecular Hbond substituents is 1. The van der Waals surface area contributed by atoms with Crippen LogP contribution in [0.15, 0.2) is 48.5 Å². The van der Waals surface area contributed by atoms with Crippen LogP contribution in [0.3, 0.4) is 0 Å². The largest absolute Gasteiger partial charge is 0.507 e. The van der Waals surface area contributed by atoms with E-state index in [4.69, 9.17) is 0 Å². The van der Waals surface area contributed by atoms with Gasteiger partial charge in [0.15, 0.2) is 5.78 Å². The molecule has 2 aliphatic rings. The maximum absolute atomic E-state index is 12.5. The topological polar surface area (TPSA) is 95.7 Å². The molecule has 2 aromatic rings. The third-order valence-corrected chi connectivity index (χ3v) is 6.60. The molecule has 2 atom stereocenters. The molecule has 7 heteroatoms. The number of non-ortho nitro benzene ring substituents is 1. The lowest BCUT2D eigenvalue weighted by atomic mass is 9.83. The summed E-state index contributed by atoms with van der Waals surface area (Å²) in [4.78, 5) is 25.5. The van der Waals surface area contributed by atoms with E-state index in [0.29, 0.717) is 17.5 Å². The van der Waals surface area contributed by atoms with E-state index in [1.165, 1.54) is 75.5 Å². The lowest BCUT2D eigenvalue weighted by Gasteiger charge is -2.44. The fourth-order valence-electron chi connectivity index (χ4n) is 4.87. The first-order valence-electron chi connectivity index (χ1n) is 11.3. The number of allylic oxidation sites excluding steroid dienone is 1. The number of carbonyl (C=O) groups is 1. The van der Waals surface area contributed by atoms with Crippen molar-refractivity contribution in [3.63, 3.8) is 0 Å². The molecule has 2 aliphatic heterocycles. The Morgan fingerprint density at radius 2 is 1.91 bits per heavy atom. The van der Waals surface area contributed by atoms with Gasteiger partial charge >= 0.3 is 0 Å². The van der Waals surface area contributed by atoms with Crippen molar-refractivity contribution in [2.45, 2.75) is 38.1 Å². The van der Waals surface area contributed by atoms with E-state index in [2.05, 4.69) is 10.2 Å². The maximum atomic E-state index is 12.5. The van der Waals surface area contributed by atoms with Crippen LogP contribution in [0.4, 0.5) is 11.4 Å². The number of ketones is 1. The molecule has 2 N–H and O–H groups in total. The summed E-state index contributed by atoms with van der Waals surface area (Å²) in [5.41, 5.74) is 1.61. The summed E-state index contributed by atoms with van der Waals surface area (Å²) in [6.07, 6.45) is 9.20. The van der Waals surface area contributed by atoms with Crippen molar-refractivity contribution in [1.29, 1.82) is 0 Å². The van der Waals surface area contributed by atoms with E-state index in [9.17, 15) is 20.0 Å². The van der Waals surface area contributed by atoms with Gasteiger partial charge in [0, 0.05) is 41.5 Å². The van der Waals surface area contributed by atoms with Crippen LogP contribution in [0.5, 0.6) is 5.75 Å². The number of rotatable bonds is 7. The number of aromatic hydroxyl groups is 1. The highest BCUT2D eigenvalue weighted by Gasteiger charge is 2.32. The van der Waals surface area contributed by atoms with Crippen molar-refractivity contribution in [3.05, 3.63) is 69.8 Å². The molecule has 32 heavy (non-hydrogen) atoms. The van der Waals surface area contributed by atoms with Gasteiger partial charge in [0.05, 0.1) is 4.92 Å². The normalized spacial score (nSPS) is 21.2. The first-order valence-corrected chi connectivity index (χ1v) is 11.3. The molecule has 0 unspecified atom stereocenters. The number of phenols is 1. The Balaban J connectivity index is 1.35. The zero-order chi connectivity index (χ0) is 22.5. The van der Waals surface area contributed by atoms with Crippen molar-refractivity contribution in [1.82, 2.24) is 4.90 Å². The van der Waals surface area contributed by atoms with Crippen LogP contribution in [-0.4, -0.2) is 46.4 Å². The van der Waals surface area contributed by atoms with Crippen molar-refractivity contribution >= 4 is 23.2 Å². The van der Waals surface area contributed by atoms with E-state index >= 15 is 0 Å². The van der Waals surface area contributed by atoms with Crippen LogP contribution in [0.1, 0.15) is 48.0 Å². The predicted molar refractivity (Wildman–Crippen MR) is 125 cm³/mol. The van der Waals surface area contributed by atoms with E-state index in [-0.39, 0.29) is 22.8 Å². The van der Waals surface area contributed by atoms with Gasteiger partial charge in [-0.05, 0) is 87.2 Å². The van der Waals surface area contributed by atoms with Crippen LogP contribution in [0.2, 0.25) is 0 Å². The zero-order valence-corrected chi connectivity index (χ0v) is 18.1. The van der Waals surface area contributed by atoms with Gasteiger partial charge in [-0.15, -0.1) is 0 Å².